The van der Waals surface area contributed by atoms with Crippen LogP contribution in [0.15, 0.2) is 18.5 Å². The molecule has 2 amide bonds. The number of aromatic nitrogens is 4. The van der Waals surface area contributed by atoms with Crippen LogP contribution in [0.5, 0.6) is 0 Å². The molecule has 1 aliphatic heterocycles. The first kappa shape index (κ1) is 21.6. The highest BCUT2D eigenvalue weighted by atomic mass is 16.2. The zero-order valence-electron chi connectivity index (χ0n) is 18.7. The molecular weight excluding hydrogens is 392 g/mol. The summed E-state index contributed by atoms with van der Waals surface area (Å²) in [4.78, 5) is 30.0. The van der Waals surface area contributed by atoms with Gasteiger partial charge in [-0.05, 0) is 38.2 Å². The largest absolute Gasteiger partial charge is 0.339 e. The second-order valence-corrected chi connectivity index (χ2v) is 8.96. The van der Waals surface area contributed by atoms with Crippen molar-refractivity contribution < 1.29 is 9.59 Å². The van der Waals surface area contributed by atoms with E-state index in [1.54, 1.807) is 12.3 Å². The molecule has 1 saturated heterocycles. The summed E-state index contributed by atoms with van der Waals surface area (Å²) in [5.41, 5.74) is 2.01. The molecule has 1 atom stereocenters. The van der Waals surface area contributed by atoms with Gasteiger partial charge in [0.05, 0.1) is 17.5 Å². The molecule has 1 saturated carbocycles. The predicted molar refractivity (Wildman–Crippen MR) is 118 cm³/mol. The maximum absolute atomic E-state index is 13.2. The van der Waals surface area contributed by atoms with Crippen molar-refractivity contribution in [1.82, 2.24) is 29.8 Å². The number of carbonyl (C=O) groups is 2. The summed E-state index contributed by atoms with van der Waals surface area (Å²) in [6, 6.07) is 2.11. The fourth-order valence-electron chi connectivity index (χ4n) is 4.99. The smallest absolute Gasteiger partial charge is 0.274 e. The summed E-state index contributed by atoms with van der Waals surface area (Å²) in [7, 11) is 1.92. The number of hydrogen-bond acceptors (Lipinski definition) is 4. The lowest BCUT2D eigenvalue weighted by molar-refractivity contribution is 0.0688. The Morgan fingerprint density at radius 3 is 2.77 bits per heavy atom. The van der Waals surface area contributed by atoms with Crippen LogP contribution in [0.1, 0.15) is 90.7 Å². The van der Waals surface area contributed by atoms with Gasteiger partial charge < -0.3 is 9.80 Å². The lowest BCUT2D eigenvalue weighted by Gasteiger charge is -2.33. The molecule has 1 N–H and O–H groups in total. The number of likely N-dealkylation sites (tertiary alicyclic amines) is 1. The second-order valence-electron chi connectivity index (χ2n) is 8.96. The minimum absolute atomic E-state index is 0.0359. The second kappa shape index (κ2) is 9.66. The summed E-state index contributed by atoms with van der Waals surface area (Å²) in [5, 5.41) is 11.7. The Hall–Kier alpha value is -2.64. The van der Waals surface area contributed by atoms with Gasteiger partial charge in [-0.15, -0.1) is 0 Å². The van der Waals surface area contributed by atoms with E-state index in [0.717, 1.165) is 50.9 Å². The van der Waals surface area contributed by atoms with Crippen LogP contribution in [0.25, 0.3) is 0 Å². The van der Waals surface area contributed by atoms with E-state index in [9.17, 15) is 9.59 Å². The normalized spacial score (nSPS) is 20.1. The molecule has 3 heterocycles. The summed E-state index contributed by atoms with van der Waals surface area (Å²) < 4.78 is 1.82. The molecule has 0 radical (unpaired) electrons. The number of H-pyrrole nitrogens is 1. The van der Waals surface area contributed by atoms with Gasteiger partial charge in [0.2, 0.25) is 0 Å². The third-order valence-electron chi connectivity index (χ3n) is 6.77. The molecule has 0 spiro atoms. The number of amides is 2. The van der Waals surface area contributed by atoms with Crippen molar-refractivity contribution in [1.29, 1.82) is 0 Å². The highest BCUT2D eigenvalue weighted by molar-refractivity contribution is 5.95. The predicted octanol–water partition coefficient (Wildman–Crippen LogP) is 3.44. The molecule has 168 valence electrons. The van der Waals surface area contributed by atoms with Crippen LogP contribution in [0, 0.1) is 0 Å². The molecular formula is C23H34N6O2. The van der Waals surface area contributed by atoms with Gasteiger partial charge in [-0.25, -0.2) is 0 Å². The SMILES string of the molecule is CCCn1ccc(C(=O)N2CCCC(c3[nH]ncc3C(=O)N(C)C3CCCCC3)C2)n1. The number of aromatic amines is 1. The van der Waals surface area contributed by atoms with Gasteiger partial charge in [-0.2, -0.15) is 10.2 Å². The molecule has 8 nitrogen and oxygen atoms in total. The van der Waals surface area contributed by atoms with Crippen LogP contribution < -0.4 is 0 Å². The summed E-state index contributed by atoms with van der Waals surface area (Å²) in [6.07, 6.45) is 12.1. The maximum atomic E-state index is 13.2. The average molecular weight is 427 g/mol. The number of piperidine rings is 1. The van der Waals surface area contributed by atoms with Crippen LogP contribution in [-0.2, 0) is 6.54 Å². The Labute approximate surface area is 184 Å². The first-order chi connectivity index (χ1) is 15.1. The van der Waals surface area contributed by atoms with E-state index in [1.165, 1.54) is 19.3 Å². The first-order valence-electron chi connectivity index (χ1n) is 11.7. The van der Waals surface area contributed by atoms with Gasteiger partial charge in [0.25, 0.3) is 11.8 Å². The van der Waals surface area contributed by atoms with E-state index in [4.69, 9.17) is 0 Å². The van der Waals surface area contributed by atoms with Crippen LogP contribution >= 0.6 is 0 Å². The molecule has 1 aliphatic carbocycles. The molecule has 8 heteroatoms. The van der Waals surface area contributed by atoms with Crippen molar-refractivity contribution in [2.24, 2.45) is 0 Å². The van der Waals surface area contributed by atoms with E-state index in [2.05, 4.69) is 22.2 Å². The highest BCUT2D eigenvalue weighted by Gasteiger charge is 2.32. The molecule has 1 unspecified atom stereocenters. The van der Waals surface area contributed by atoms with Crippen molar-refractivity contribution in [3.8, 4) is 0 Å². The Balaban J connectivity index is 1.45. The number of nitrogens with one attached hydrogen (secondary N) is 1. The fourth-order valence-corrected chi connectivity index (χ4v) is 4.99. The van der Waals surface area contributed by atoms with E-state index in [-0.39, 0.29) is 17.7 Å². The van der Waals surface area contributed by atoms with E-state index >= 15 is 0 Å². The summed E-state index contributed by atoms with van der Waals surface area (Å²) in [5.74, 6) is 0.0836. The number of carbonyl (C=O) groups excluding carboxylic acids is 2. The topological polar surface area (TPSA) is 87.1 Å². The van der Waals surface area contributed by atoms with Gasteiger partial charge in [-0.3, -0.25) is 19.4 Å². The van der Waals surface area contributed by atoms with E-state index in [0.29, 0.717) is 23.8 Å². The molecule has 4 rings (SSSR count). The van der Waals surface area contributed by atoms with Crippen molar-refractivity contribution in [2.75, 3.05) is 20.1 Å². The fraction of sp³-hybridized carbons (Fsp3) is 0.652. The number of rotatable bonds is 6. The lowest BCUT2D eigenvalue weighted by atomic mass is 9.91. The van der Waals surface area contributed by atoms with Crippen LogP contribution in [0.4, 0.5) is 0 Å². The lowest BCUT2D eigenvalue weighted by Crippen LogP contribution is -2.41. The Bertz CT molecular complexity index is 898. The van der Waals surface area contributed by atoms with Gasteiger partial charge in [0.1, 0.15) is 5.69 Å². The quantitative estimate of drug-likeness (QED) is 0.766. The van der Waals surface area contributed by atoms with Crippen molar-refractivity contribution in [3.05, 3.63) is 35.4 Å². The van der Waals surface area contributed by atoms with Crippen molar-refractivity contribution >= 4 is 11.8 Å². The summed E-state index contributed by atoms with van der Waals surface area (Å²) >= 11 is 0. The molecule has 0 bridgehead atoms. The third-order valence-corrected chi connectivity index (χ3v) is 6.77. The van der Waals surface area contributed by atoms with Crippen molar-refractivity contribution in [2.45, 2.75) is 76.8 Å². The molecule has 2 aliphatic rings. The zero-order chi connectivity index (χ0) is 21.8. The minimum atomic E-state index is -0.0359. The van der Waals surface area contributed by atoms with E-state index in [1.807, 2.05) is 27.7 Å². The number of aryl methyl sites for hydroxylation is 1. The van der Waals surface area contributed by atoms with Crippen LogP contribution in [-0.4, -0.2) is 67.8 Å². The van der Waals surface area contributed by atoms with E-state index < -0.39 is 0 Å². The molecule has 0 aromatic carbocycles. The maximum Gasteiger partial charge on any atom is 0.274 e. The third kappa shape index (κ3) is 4.67. The molecule has 2 aromatic rings. The van der Waals surface area contributed by atoms with Gasteiger partial charge in [0.15, 0.2) is 0 Å². The standard InChI is InChI=1S/C23H34N6O2/c1-3-12-29-14-11-20(26-29)23(31)28-13-7-8-17(16-28)21-19(15-24-25-21)22(30)27(2)18-9-5-4-6-10-18/h11,14-15,17-18H,3-10,12-13,16H2,1-2H3,(H,24,25). The molecule has 2 aromatic heterocycles. The Morgan fingerprint density at radius 2 is 2.00 bits per heavy atom. The summed E-state index contributed by atoms with van der Waals surface area (Å²) in [6.45, 7) is 4.20. The monoisotopic (exact) mass is 426 g/mol. The Kier molecular flexibility index (Phi) is 6.73. The van der Waals surface area contributed by atoms with Gasteiger partial charge in [-0.1, -0.05) is 26.2 Å². The molecule has 31 heavy (non-hydrogen) atoms. The van der Waals surface area contributed by atoms with Crippen molar-refractivity contribution in [3.63, 3.8) is 0 Å². The van der Waals surface area contributed by atoms with Crippen LogP contribution in [0.2, 0.25) is 0 Å². The number of nitrogens with zero attached hydrogens (tertiary/aromatic N) is 5. The average Bonchev–Trinajstić information content (AvgIpc) is 3.48. The highest BCUT2D eigenvalue weighted by Crippen LogP contribution is 2.30. The Morgan fingerprint density at radius 1 is 1.19 bits per heavy atom. The number of hydrogen-bond donors (Lipinski definition) is 1. The molecule has 2 fully saturated rings. The minimum Gasteiger partial charge on any atom is -0.339 e. The first-order valence-corrected chi connectivity index (χ1v) is 11.7. The zero-order valence-corrected chi connectivity index (χ0v) is 18.7. The van der Waals surface area contributed by atoms with Gasteiger partial charge >= 0.3 is 0 Å². The van der Waals surface area contributed by atoms with Crippen LogP contribution in [0.3, 0.4) is 0 Å². The van der Waals surface area contributed by atoms with Gasteiger partial charge in [0, 0.05) is 44.8 Å².